The summed E-state index contributed by atoms with van der Waals surface area (Å²) in [5.74, 6) is 0. The summed E-state index contributed by atoms with van der Waals surface area (Å²) in [6.45, 7) is 0. The fourth-order valence-corrected chi connectivity index (χ4v) is 8.63. The van der Waals surface area contributed by atoms with E-state index in [2.05, 4.69) is 223 Å². The van der Waals surface area contributed by atoms with Crippen LogP contribution >= 0.6 is 0 Å². The fraction of sp³-hybridized carbons (Fsp3) is 0. The van der Waals surface area contributed by atoms with E-state index in [0.29, 0.717) is 0 Å². The van der Waals surface area contributed by atoms with E-state index in [1.165, 1.54) is 60.0 Å². The minimum atomic E-state index is 0.924. The van der Waals surface area contributed by atoms with Crippen LogP contribution in [0.15, 0.2) is 218 Å². The molecule has 0 aliphatic heterocycles. The molecule has 0 unspecified atom stereocenters. The molecule has 9 aromatic carbocycles. The van der Waals surface area contributed by atoms with Gasteiger partial charge in [-0.1, -0.05) is 170 Å². The SMILES string of the molecule is c1ccc(-c2ccc(-c3cc(-c4ccccc4)cc(-c4cc(-c5cc6ccccc6c6ccccc56)cc(-n5c6ccccc6c6ccccc65)c4)n3)cc2)cc1. The van der Waals surface area contributed by atoms with Gasteiger partial charge in [0.15, 0.2) is 0 Å². The molecule has 57 heavy (non-hydrogen) atoms. The standard InChI is InChI=1S/C55H36N2/c1-3-15-37(16-4-1)39-27-29-40(30-28-39)52-35-42(38-17-5-2-6-18-38)36-53(56-52)44-31-43(51-34-41-19-7-8-20-46(41)47-21-9-10-22-48(47)51)32-45(33-44)57-54-25-13-11-23-49(54)50-24-12-14-26-55(50)57/h1-36H. The van der Waals surface area contributed by atoms with Gasteiger partial charge in [-0.15, -0.1) is 0 Å². The van der Waals surface area contributed by atoms with Crippen LogP contribution in [0.5, 0.6) is 0 Å². The molecule has 0 atom stereocenters. The highest BCUT2D eigenvalue weighted by Gasteiger charge is 2.18. The highest BCUT2D eigenvalue weighted by Crippen LogP contribution is 2.41. The third-order valence-corrected chi connectivity index (χ3v) is 11.4. The predicted octanol–water partition coefficient (Wildman–Crippen LogP) is 14.8. The van der Waals surface area contributed by atoms with Gasteiger partial charge in [-0.2, -0.15) is 0 Å². The smallest absolute Gasteiger partial charge is 0.0716 e. The predicted molar refractivity (Wildman–Crippen MR) is 241 cm³/mol. The minimum Gasteiger partial charge on any atom is -0.309 e. The van der Waals surface area contributed by atoms with Crippen molar-refractivity contribution in [1.29, 1.82) is 0 Å². The average Bonchev–Trinajstić information content (AvgIpc) is 3.63. The second-order valence-corrected chi connectivity index (χ2v) is 14.8. The van der Waals surface area contributed by atoms with Crippen molar-refractivity contribution < 1.29 is 0 Å². The van der Waals surface area contributed by atoms with Crippen LogP contribution in [-0.2, 0) is 0 Å². The van der Waals surface area contributed by atoms with Gasteiger partial charge in [-0.3, -0.25) is 0 Å². The van der Waals surface area contributed by atoms with E-state index < -0.39 is 0 Å². The highest BCUT2D eigenvalue weighted by molar-refractivity contribution is 6.14. The molecule has 0 saturated carbocycles. The number of pyridine rings is 1. The molecule has 2 heteroatoms. The maximum atomic E-state index is 5.49. The Labute approximate surface area is 331 Å². The quantitative estimate of drug-likeness (QED) is 0.156. The Hall–Kier alpha value is -7.55. The van der Waals surface area contributed by atoms with E-state index in [9.17, 15) is 0 Å². The Kier molecular flexibility index (Phi) is 7.86. The molecule has 11 rings (SSSR count). The molecule has 266 valence electrons. The van der Waals surface area contributed by atoms with Crippen LogP contribution in [-0.4, -0.2) is 9.55 Å². The summed E-state index contributed by atoms with van der Waals surface area (Å²) < 4.78 is 2.42. The van der Waals surface area contributed by atoms with E-state index in [1.807, 2.05) is 0 Å². The first-order valence-electron chi connectivity index (χ1n) is 19.5. The lowest BCUT2D eigenvalue weighted by molar-refractivity contribution is 1.18. The van der Waals surface area contributed by atoms with Crippen LogP contribution in [0, 0.1) is 0 Å². The maximum absolute atomic E-state index is 5.49. The van der Waals surface area contributed by atoms with Crippen molar-refractivity contribution >= 4 is 43.4 Å². The normalized spacial score (nSPS) is 11.5. The Morgan fingerprint density at radius 1 is 0.281 bits per heavy atom. The monoisotopic (exact) mass is 724 g/mol. The van der Waals surface area contributed by atoms with Crippen LogP contribution in [0.3, 0.4) is 0 Å². The molecule has 2 heterocycles. The number of benzene rings is 9. The fourth-order valence-electron chi connectivity index (χ4n) is 8.63. The van der Waals surface area contributed by atoms with Crippen molar-refractivity contribution in [1.82, 2.24) is 9.55 Å². The van der Waals surface area contributed by atoms with Gasteiger partial charge in [0.1, 0.15) is 0 Å². The molecule has 0 radical (unpaired) electrons. The number of para-hydroxylation sites is 2. The highest BCUT2D eigenvalue weighted by atomic mass is 15.0. The lowest BCUT2D eigenvalue weighted by Gasteiger charge is -2.17. The number of hydrogen-bond acceptors (Lipinski definition) is 1. The van der Waals surface area contributed by atoms with E-state index >= 15 is 0 Å². The van der Waals surface area contributed by atoms with Gasteiger partial charge in [0.25, 0.3) is 0 Å². The van der Waals surface area contributed by atoms with Crippen molar-refractivity contribution in [2.75, 3.05) is 0 Å². The summed E-state index contributed by atoms with van der Waals surface area (Å²) in [7, 11) is 0. The zero-order valence-electron chi connectivity index (χ0n) is 31.2. The molecule has 0 bridgehead atoms. The molecule has 0 fully saturated rings. The van der Waals surface area contributed by atoms with Gasteiger partial charge >= 0.3 is 0 Å². The summed E-state index contributed by atoms with van der Waals surface area (Å²) in [6, 6.07) is 78.9. The second kappa shape index (κ2) is 13.6. The number of hydrogen-bond donors (Lipinski definition) is 0. The summed E-state index contributed by atoms with van der Waals surface area (Å²) in [5, 5.41) is 7.44. The lowest BCUT2D eigenvalue weighted by atomic mass is 9.91. The minimum absolute atomic E-state index is 0.924. The van der Waals surface area contributed by atoms with Crippen LogP contribution < -0.4 is 0 Å². The molecular weight excluding hydrogens is 689 g/mol. The molecule has 0 spiro atoms. The Bertz CT molecular complexity index is 3210. The zero-order chi connectivity index (χ0) is 37.7. The Morgan fingerprint density at radius 2 is 0.754 bits per heavy atom. The summed E-state index contributed by atoms with van der Waals surface area (Å²) in [4.78, 5) is 5.49. The lowest BCUT2D eigenvalue weighted by Crippen LogP contribution is -1.98. The van der Waals surface area contributed by atoms with Crippen molar-refractivity contribution in [2.45, 2.75) is 0 Å². The third kappa shape index (κ3) is 5.78. The Balaban J connectivity index is 1.18. The molecule has 2 nitrogen and oxygen atoms in total. The van der Waals surface area contributed by atoms with Gasteiger partial charge in [-0.25, -0.2) is 4.98 Å². The van der Waals surface area contributed by atoms with Crippen molar-refractivity contribution in [3.8, 4) is 61.6 Å². The number of fused-ring (bicyclic) bond motifs is 6. The summed E-state index contributed by atoms with van der Waals surface area (Å²) in [5.41, 5.74) is 14.5. The van der Waals surface area contributed by atoms with Gasteiger partial charge in [-0.05, 0) is 103 Å². The zero-order valence-corrected chi connectivity index (χ0v) is 31.2. The molecule has 11 aromatic rings. The van der Waals surface area contributed by atoms with Crippen molar-refractivity contribution in [2.24, 2.45) is 0 Å². The topological polar surface area (TPSA) is 17.8 Å². The molecule has 0 saturated heterocycles. The van der Waals surface area contributed by atoms with Crippen LogP contribution in [0.25, 0.3) is 105 Å². The van der Waals surface area contributed by atoms with Crippen LogP contribution in [0.4, 0.5) is 0 Å². The summed E-state index contributed by atoms with van der Waals surface area (Å²) in [6.07, 6.45) is 0. The van der Waals surface area contributed by atoms with E-state index in [4.69, 9.17) is 4.98 Å². The van der Waals surface area contributed by atoms with E-state index in [-0.39, 0.29) is 0 Å². The largest absolute Gasteiger partial charge is 0.309 e. The van der Waals surface area contributed by atoms with Crippen molar-refractivity contribution in [3.05, 3.63) is 218 Å². The molecule has 2 aromatic heterocycles. The maximum Gasteiger partial charge on any atom is 0.0716 e. The van der Waals surface area contributed by atoms with Gasteiger partial charge < -0.3 is 4.57 Å². The van der Waals surface area contributed by atoms with E-state index in [0.717, 1.165) is 44.9 Å². The number of nitrogens with zero attached hydrogens (tertiary/aromatic N) is 2. The van der Waals surface area contributed by atoms with Gasteiger partial charge in [0.2, 0.25) is 0 Å². The van der Waals surface area contributed by atoms with Crippen LogP contribution in [0.1, 0.15) is 0 Å². The second-order valence-electron chi connectivity index (χ2n) is 14.8. The summed E-state index contributed by atoms with van der Waals surface area (Å²) >= 11 is 0. The first kappa shape index (κ1) is 32.8. The number of rotatable bonds is 6. The average molecular weight is 725 g/mol. The number of aromatic nitrogens is 2. The molecule has 0 N–H and O–H groups in total. The van der Waals surface area contributed by atoms with Crippen molar-refractivity contribution in [3.63, 3.8) is 0 Å². The Morgan fingerprint density at radius 3 is 1.42 bits per heavy atom. The van der Waals surface area contributed by atoms with Gasteiger partial charge in [0, 0.05) is 27.6 Å². The molecular formula is C55H36N2. The van der Waals surface area contributed by atoms with Gasteiger partial charge in [0.05, 0.1) is 22.4 Å². The van der Waals surface area contributed by atoms with Crippen LogP contribution in [0.2, 0.25) is 0 Å². The first-order valence-corrected chi connectivity index (χ1v) is 19.5. The molecule has 0 aliphatic rings. The first-order chi connectivity index (χ1) is 28.2. The molecule has 0 aliphatic carbocycles. The third-order valence-electron chi connectivity index (χ3n) is 11.4. The molecule has 0 amide bonds. The van der Waals surface area contributed by atoms with E-state index in [1.54, 1.807) is 0 Å².